The third-order valence-corrected chi connectivity index (χ3v) is 5.81. The number of carbonyl (C=O) groups is 1. The molecular formula is C23H28N6O3. The van der Waals surface area contributed by atoms with Crippen LogP contribution in [0.5, 0.6) is 0 Å². The molecule has 3 heterocycles. The number of fused-ring (bicyclic) bond motifs is 1. The Bertz CT molecular complexity index is 1290. The molecule has 1 saturated heterocycles. The molecule has 0 unspecified atom stereocenters. The van der Waals surface area contributed by atoms with Crippen molar-refractivity contribution in [2.75, 3.05) is 31.1 Å². The maximum atomic E-state index is 13.1. The minimum atomic E-state index is -0.468. The van der Waals surface area contributed by atoms with Gasteiger partial charge in [0.25, 0.3) is 11.5 Å². The molecular weight excluding hydrogens is 408 g/mol. The molecule has 0 saturated carbocycles. The molecule has 1 fully saturated rings. The van der Waals surface area contributed by atoms with Crippen molar-refractivity contribution in [1.82, 2.24) is 24.4 Å². The van der Waals surface area contributed by atoms with E-state index in [1.807, 2.05) is 13.0 Å². The van der Waals surface area contributed by atoms with Gasteiger partial charge in [-0.3, -0.25) is 14.2 Å². The highest BCUT2D eigenvalue weighted by atomic mass is 16.2. The molecule has 0 radical (unpaired) electrons. The number of rotatable bonds is 4. The summed E-state index contributed by atoms with van der Waals surface area (Å²) >= 11 is 0. The van der Waals surface area contributed by atoms with Gasteiger partial charge < -0.3 is 14.8 Å². The van der Waals surface area contributed by atoms with Gasteiger partial charge in [0.1, 0.15) is 11.6 Å². The molecule has 4 rings (SSSR count). The highest BCUT2D eigenvalue weighted by molar-refractivity contribution is 5.97. The maximum absolute atomic E-state index is 13.1. The van der Waals surface area contributed by atoms with E-state index in [2.05, 4.69) is 28.7 Å². The van der Waals surface area contributed by atoms with Gasteiger partial charge in [-0.2, -0.15) is 0 Å². The quantitative estimate of drug-likeness (QED) is 0.670. The molecule has 9 nitrogen and oxygen atoms in total. The van der Waals surface area contributed by atoms with Crippen molar-refractivity contribution in [3.8, 4) is 0 Å². The monoisotopic (exact) mass is 436 g/mol. The number of amides is 1. The van der Waals surface area contributed by atoms with Gasteiger partial charge in [0.05, 0.1) is 10.9 Å². The predicted molar refractivity (Wildman–Crippen MR) is 123 cm³/mol. The van der Waals surface area contributed by atoms with Crippen LogP contribution in [0.1, 0.15) is 48.6 Å². The number of nitrogens with zero attached hydrogens (tertiary/aromatic N) is 5. The smallest absolute Gasteiger partial charge is 0.328 e. The van der Waals surface area contributed by atoms with Crippen molar-refractivity contribution in [3.05, 3.63) is 62.2 Å². The number of aromatic nitrogens is 4. The zero-order chi connectivity index (χ0) is 23.0. The first kappa shape index (κ1) is 21.7. The van der Waals surface area contributed by atoms with Crippen molar-refractivity contribution in [3.63, 3.8) is 0 Å². The third-order valence-electron chi connectivity index (χ3n) is 5.81. The first-order valence-corrected chi connectivity index (χ1v) is 10.9. The summed E-state index contributed by atoms with van der Waals surface area (Å²) < 4.78 is 1.14. The molecule has 32 heavy (non-hydrogen) atoms. The first-order valence-electron chi connectivity index (χ1n) is 10.9. The van der Waals surface area contributed by atoms with Crippen molar-refractivity contribution in [2.45, 2.75) is 40.2 Å². The van der Waals surface area contributed by atoms with Gasteiger partial charge in [0, 0.05) is 56.0 Å². The number of carbonyl (C=O) groups excluding carboxylic acids is 1. The maximum Gasteiger partial charge on any atom is 0.328 e. The summed E-state index contributed by atoms with van der Waals surface area (Å²) in [5, 5.41) is 0.396. The van der Waals surface area contributed by atoms with E-state index in [1.165, 1.54) is 0 Å². The van der Waals surface area contributed by atoms with E-state index < -0.39 is 5.69 Å². The Balaban J connectivity index is 1.52. The molecule has 9 heteroatoms. The largest absolute Gasteiger partial charge is 0.353 e. The Hall–Kier alpha value is -3.49. The molecule has 0 spiro atoms. The summed E-state index contributed by atoms with van der Waals surface area (Å²) in [7, 11) is 0. The minimum absolute atomic E-state index is 0.117. The SMILES string of the molecule is CCn1c(=O)[nH]c2cc(C(=O)N3CCN(c4cc(C)nc(C(C)C)n4)CC3)ccc2c1=O. The molecule has 168 valence electrons. The van der Waals surface area contributed by atoms with Crippen LogP contribution in [0.4, 0.5) is 5.82 Å². The Morgan fingerprint density at radius 1 is 1.09 bits per heavy atom. The van der Waals surface area contributed by atoms with Gasteiger partial charge in [-0.15, -0.1) is 0 Å². The van der Waals surface area contributed by atoms with Gasteiger partial charge >= 0.3 is 5.69 Å². The molecule has 0 bridgehead atoms. The minimum Gasteiger partial charge on any atom is -0.353 e. The number of nitrogens with one attached hydrogen (secondary N) is 1. The second-order valence-electron chi connectivity index (χ2n) is 8.40. The van der Waals surface area contributed by atoms with E-state index in [0.717, 1.165) is 21.9 Å². The highest BCUT2D eigenvalue weighted by Gasteiger charge is 2.24. The van der Waals surface area contributed by atoms with Gasteiger partial charge in [0.2, 0.25) is 0 Å². The molecule has 2 aromatic heterocycles. The summed E-state index contributed by atoms with van der Waals surface area (Å²) in [6, 6.07) is 6.83. The zero-order valence-electron chi connectivity index (χ0n) is 18.9. The van der Waals surface area contributed by atoms with E-state index in [-0.39, 0.29) is 17.4 Å². The van der Waals surface area contributed by atoms with E-state index in [1.54, 1.807) is 30.0 Å². The fourth-order valence-corrected chi connectivity index (χ4v) is 3.99. The van der Waals surface area contributed by atoms with E-state index in [0.29, 0.717) is 49.2 Å². The molecule has 1 aliphatic rings. The van der Waals surface area contributed by atoms with Crippen molar-refractivity contribution in [1.29, 1.82) is 0 Å². The van der Waals surface area contributed by atoms with Gasteiger partial charge in [-0.1, -0.05) is 13.8 Å². The fourth-order valence-electron chi connectivity index (χ4n) is 3.99. The summed E-state index contributed by atoms with van der Waals surface area (Å²) in [5.41, 5.74) is 0.954. The van der Waals surface area contributed by atoms with Crippen LogP contribution in [-0.2, 0) is 6.54 Å². The normalized spacial score (nSPS) is 14.4. The van der Waals surface area contributed by atoms with Crippen molar-refractivity contribution >= 4 is 22.6 Å². The Morgan fingerprint density at radius 3 is 2.47 bits per heavy atom. The molecule has 1 N–H and O–H groups in total. The summed E-state index contributed by atoms with van der Waals surface area (Å²) in [5.74, 6) is 1.85. The van der Waals surface area contributed by atoms with Gasteiger partial charge in [0.15, 0.2) is 0 Å². The second kappa shape index (κ2) is 8.57. The lowest BCUT2D eigenvalue weighted by Crippen LogP contribution is -2.49. The number of benzene rings is 1. The van der Waals surface area contributed by atoms with Gasteiger partial charge in [-0.25, -0.2) is 14.8 Å². The molecule has 1 amide bonds. The van der Waals surface area contributed by atoms with Gasteiger partial charge in [-0.05, 0) is 32.0 Å². The number of hydrogen-bond acceptors (Lipinski definition) is 6. The fraction of sp³-hybridized carbons (Fsp3) is 0.435. The molecule has 0 aliphatic carbocycles. The molecule has 0 atom stereocenters. The molecule has 3 aromatic rings. The number of H-pyrrole nitrogens is 1. The number of aryl methyl sites for hydroxylation is 1. The molecule has 1 aromatic carbocycles. The number of aromatic amines is 1. The lowest BCUT2D eigenvalue weighted by atomic mass is 10.1. The van der Waals surface area contributed by atoms with Crippen LogP contribution in [0.25, 0.3) is 10.9 Å². The Labute approximate surface area is 185 Å². The predicted octanol–water partition coefficient (Wildman–Crippen LogP) is 1.89. The van der Waals surface area contributed by atoms with Crippen LogP contribution >= 0.6 is 0 Å². The standard InChI is InChI=1S/C23H28N6O3/c1-5-29-22(31)17-7-6-16(13-18(17)25-23(29)32)21(30)28-10-8-27(9-11-28)19-12-15(4)24-20(26-19)14(2)3/h6-7,12-14H,5,8-11H2,1-4H3,(H,25,32). The lowest BCUT2D eigenvalue weighted by Gasteiger charge is -2.35. The average molecular weight is 437 g/mol. The third kappa shape index (κ3) is 4.02. The average Bonchev–Trinajstić information content (AvgIpc) is 2.78. The number of hydrogen-bond donors (Lipinski definition) is 1. The van der Waals surface area contributed by atoms with E-state index in [4.69, 9.17) is 4.98 Å². The first-order chi connectivity index (χ1) is 15.3. The van der Waals surface area contributed by atoms with Crippen molar-refractivity contribution in [2.24, 2.45) is 0 Å². The Morgan fingerprint density at radius 2 is 1.81 bits per heavy atom. The van der Waals surface area contributed by atoms with Crippen LogP contribution in [0.2, 0.25) is 0 Å². The zero-order valence-corrected chi connectivity index (χ0v) is 18.9. The van der Waals surface area contributed by atoms with Crippen molar-refractivity contribution < 1.29 is 4.79 Å². The Kier molecular flexibility index (Phi) is 5.82. The van der Waals surface area contributed by atoms with Crippen LogP contribution < -0.4 is 16.1 Å². The van der Waals surface area contributed by atoms with E-state index in [9.17, 15) is 14.4 Å². The summed E-state index contributed by atoms with van der Waals surface area (Å²) in [6.45, 7) is 10.6. The topological polar surface area (TPSA) is 104 Å². The number of anilines is 1. The molecule has 1 aliphatic heterocycles. The van der Waals surface area contributed by atoms with Crippen LogP contribution in [-0.4, -0.2) is 56.5 Å². The van der Waals surface area contributed by atoms with Crippen LogP contribution in [0.3, 0.4) is 0 Å². The van der Waals surface area contributed by atoms with Crippen LogP contribution in [0, 0.1) is 6.92 Å². The van der Waals surface area contributed by atoms with E-state index >= 15 is 0 Å². The van der Waals surface area contributed by atoms with Crippen LogP contribution in [0.15, 0.2) is 33.9 Å². The second-order valence-corrected chi connectivity index (χ2v) is 8.40. The number of piperazine rings is 1. The highest BCUT2D eigenvalue weighted by Crippen LogP contribution is 2.20. The summed E-state index contributed by atoms with van der Waals surface area (Å²) in [6.07, 6.45) is 0. The lowest BCUT2D eigenvalue weighted by molar-refractivity contribution is 0.0746. The summed E-state index contributed by atoms with van der Waals surface area (Å²) in [4.78, 5) is 53.5.